The number of para-hydroxylation sites is 1. The van der Waals surface area contributed by atoms with Crippen molar-refractivity contribution in [1.82, 2.24) is 10.3 Å². The van der Waals surface area contributed by atoms with Crippen LogP contribution >= 0.6 is 0 Å². The van der Waals surface area contributed by atoms with Gasteiger partial charge in [0.2, 0.25) is 0 Å². The second-order valence-electron chi connectivity index (χ2n) is 5.73. The SMILES string of the molecule is CO[C@@H]1CCCC[C@H]1NCCc1c[nH]c2ccccc12. The van der Waals surface area contributed by atoms with Crippen molar-refractivity contribution in [2.24, 2.45) is 0 Å². The van der Waals surface area contributed by atoms with Gasteiger partial charge in [0, 0.05) is 30.3 Å². The van der Waals surface area contributed by atoms with Gasteiger partial charge in [-0.15, -0.1) is 0 Å². The molecule has 108 valence electrons. The molecule has 2 N–H and O–H groups in total. The van der Waals surface area contributed by atoms with Gasteiger partial charge in [0.15, 0.2) is 0 Å². The molecular weight excluding hydrogens is 248 g/mol. The van der Waals surface area contributed by atoms with Gasteiger partial charge in [-0.1, -0.05) is 31.0 Å². The minimum Gasteiger partial charge on any atom is -0.380 e. The molecule has 1 aromatic heterocycles. The van der Waals surface area contributed by atoms with Gasteiger partial charge in [-0.05, 0) is 37.4 Å². The van der Waals surface area contributed by atoms with E-state index in [1.54, 1.807) is 0 Å². The smallest absolute Gasteiger partial charge is 0.0724 e. The van der Waals surface area contributed by atoms with Crippen molar-refractivity contribution in [2.75, 3.05) is 13.7 Å². The Kier molecular flexibility index (Phi) is 4.38. The van der Waals surface area contributed by atoms with Gasteiger partial charge >= 0.3 is 0 Å². The zero-order valence-electron chi connectivity index (χ0n) is 12.2. The fourth-order valence-corrected chi connectivity index (χ4v) is 3.34. The summed E-state index contributed by atoms with van der Waals surface area (Å²) in [6.07, 6.45) is 8.67. The molecule has 0 aliphatic heterocycles. The van der Waals surface area contributed by atoms with Crippen molar-refractivity contribution in [2.45, 2.75) is 44.2 Å². The first kappa shape index (κ1) is 13.7. The Labute approximate surface area is 120 Å². The number of rotatable bonds is 5. The Morgan fingerprint density at radius 3 is 3.00 bits per heavy atom. The van der Waals surface area contributed by atoms with Crippen molar-refractivity contribution >= 4 is 10.9 Å². The van der Waals surface area contributed by atoms with Crippen LogP contribution in [-0.2, 0) is 11.2 Å². The summed E-state index contributed by atoms with van der Waals surface area (Å²) >= 11 is 0. The molecule has 2 atom stereocenters. The van der Waals surface area contributed by atoms with Crippen LogP contribution in [0.1, 0.15) is 31.2 Å². The lowest BCUT2D eigenvalue weighted by Gasteiger charge is -2.31. The minimum atomic E-state index is 0.395. The molecule has 0 spiro atoms. The molecule has 1 heterocycles. The van der Waals surface area contributed by atoms with Crippen LogP contribution in [0.5, 0.6) is 0 Å². The summed E-state index contributed by atoms with van der Waals surface area (Å²) in [4.78, 5) is 3.34. The standard InChI is InChI=1S/C17H24N2O/c1-20-17-9-5-4-8-16(17)18-11-10-13-12-19-15-7-3-2-6-14(13)15/h2-3,6-7,12,16-19H,4-5,8-11H2,1H3/t16-,17-/m1/s1. The largest absolute Gasteiger partial charge is 0.380 e. The normalized spacial score (nSPS) is 23.2. The number of nitrogens with one attached hydrogen (secondary N) is 2. The van der Waals surface area contributed by atoms with Gasteiger partial charge < -0.3 is 15.0 Å². The molecule has 1 aliphatic rings. The van der Waals surface area contributed by atoms with E-state index in [9.17, 15) is 0 Å². The van der Waals surface area contributed by atoms with Crippen LogP contribution in [0.4, 0.5) is 0 Å². The maximum absolute atomic E-state index is 5.59. The Morgan fingerprint density at radius 2 is 2.10 bits per heavy atom. The van der Waals surface area contributed by atoms with E-state index in [-0.39, 0.29) is 0 Å². The summed E-state index contributed by atoms with van der Waals surface area (Å²) in [6.45, 7) is 1.02. The van der Waals surface area contributed by atoms with Gasteiger partial charge in [-0.2, -0.15) is 0 Å². The van der Waals surface area contributed by atoms with E-state index in [2.05, 4.69) is 40.8 Å². The fraction of sp³-hybridized carbons (Fsp3) is 0.529. The molecule has 3 nitrogen and oxygen atoms in total. The van der Waals surface area contributed by atoms with Crippen LogP contribution in [-0.4, -0.2) is 30.8 Å². The third-order valence-electron chi connectivity index (χ3n) is 4.48. The van der Waals surface area contributed by atoms with Crippen LogP contribution in [0.15, 0.2) is 30.5 Å². The highest BCUT2D eigenvalue weighted by atomic mass is 16.5. The molecule has 3 heteroatoms. The lowest BCUT2D eigenvalue weighted by molar-refractivity contribution is 0.0421. The average molecular weight is 272 g/mol. The Hall–Kier alpha value is -1.32. The van der Waals surface area contributed by atoms with Crippen molar-refractivity contribution in [3.8, 4) is 0 Å². The molecule has 0 amide bonds. The maximum Gasteiger partial charge on any atom is 0.0724 e. The average Bonchev–Trinajstić information content (AvgIpc) is 2.91. The van der Waals surface area contributed by atoms with Gasteiger partial charge in [-0.3, -0.25) is 0 Å². The Morgan fingerprint density at radius 1 is 1.25 bits per heavy atom. The fourth-order valence-electron chi connectivity index (χ4n) is 3.34. The monoisotopic (exact) mass is 272 g/mol. The number of aromatic nitrogens is 1. The van der Waals surface area contributed by atoms with Crippen LogP contribution in [0.25, 0.3) is 10.9 Å². The number of fused-ring (bicyclic) bond motifs is 1. The lowest BCUT2D eigenvalue weighted by atomic mass is 9.92. The third kappa shape index (κ3) is 2.89. The van der Waals surface area contributed by atoms with Gasteiger partial charge in [0.05, 0.1) is 6.10 Å². The molecule has 0 bridgehead atoms. The zero-order valence-corrected chi connectivity index (χ0v) is 12.2. The van der Waals surface area contributed by atoms with Crippen molar-refractivity contribution in [3.05, 3.63) is 36.0 Å². The summed E-state index contributed by atoms with van der Waals surface area (Å²) in [7, 11) is 1.84. The summed E-state index contributed by atoms with van der Waals surface area (Å²) in [5.74, 6) is 0. The number of ether oxygens (including phenoxy) is 1. The maximum atomic E-state index is 5.59. The van der Waals surface area contributed by atoms with Crippen molar-refractivity contribution in [1.29, 1.82) is 0 Å². The molecule has 1 fully saturated rings. The highest BCUT2D eigenvalue weighted by Crippen LogP contribution is 2.21. The second kappa shape index (κ2) is 6.42. The first-order valence-corrected chi connectivity index (χ1v) is 7.69. The number of aromatic amines is 1. The molecule has 1 aliphatic carbocycles. The first-order valence-electron chi connectivity index (χ1n) is 7.69. The number of hydrogen-bond acceptors (Lipinski definition) is 2. The Balaban J connectivity index is 1.57. The van der Waals surface area contributed by atoms with E-state index in [1.807, 2.05) is 7.11 Å². The molecule has 1 saturated carbocycles. The van der Waals surface area contributed by atoms with Gasteiger partial charge in [0.25, 0.3) is 0 Å². The first-order chi connectivity index (χ1) is 9.88. The van der Waals surface area contributed by atoms with Crippen LogP contribution in [0.3, 0.4) is 0 Å². The van der Waals surface area contributed by atoms with Gasteiger partial charge in [-0.25, -0.2) is 0 Å². The van der Waals surface area contributed by atoms with E-state index >= 15 is 0 Å². The number of benzene rings is 1. The van der Waals surface area contributed by atoms with E-state index in [0.29, 0.717) is 12.1 Å². The number of hydrogen-bond donors (Lipinski definition) is 2. The van der Waals surface area contributed by atoms with Gasteiger partial charge in [0.1, 0.15) is 0 Å². The minimum absolute atomic E-state index is 0.395. The van der Waals surface area contributed by atoms with Crippen LogP contribution in [0, 0.1) is 0 Å². The summed E-state index contributed by atoms with van der Waals surface area (Å²) in [5.41, 5.74) is 2.63. The molecule has 0 radical (unpaired) electrons. The molecular formula is C17H24N2O. The van der Waals surface area contributed by atoms with E-state index in [1.165, 1.54) is 42.1 Å². The Bertz CT molecular complexity index is 549. The molecule has 20 heavy (non-hydrogen) atoms. The predicted octanol–water partition coefficient (Wildman–Crippen LogP) is 3.26. The lowest BCUT2D eigenvalue weighted by Crippen LogP contribution is -2.43. The molecule has 2 aromatic rings. The quantitative estimate of drug-likeness (QED) is 0.876. The highest BCUT2D eigenvalue weighted by Gasteiger charge is 2.23. The molecule has 0 saturated heterocycles. The summed E-state index contributed by atoms with van der Waals surface area (Å²) < 4.78 is 5.59. The zero-order chi connectivity index (χ0) is 13.8. The topological polar surface area (TPSA) is 37.0 Å². The van der Waals surface area contributed by atoms with E-state index in [4.69, 9.17) is 4.74 Å². The third-order valence-corrected chi connectivity index (χ3v) is 4.48. The highest BCUT2D eigenvalue weighted by molar-refractivity contribution is 5.83. The number of H-pyrrole nitrogens is 1. The van der Waals surface area contributed by atoms with Crippen molar-refractivity contribution in [3.63, 3.8) is 0 Å². The molecule has 0 unspecified atom stereocenters. The number of methoxy groups -OCH3 is 1. The predicted molar refractivity (Wildman–Crippen MR) is 83.1 cm³/mol. The second-order valence-corrected chi connectivity index (χ2v) is 5.73. The van der Waals surface area contributed by atoms with E-state index < -0.39 is 0 Å². The van der Waals surface area contributed by atoms with Crippen LogP contribution in [0.2, 0.25) is 0 Å². The van der Waals surface area contributed by atoms with E-state index in [0.717, 1.165) is 13.0 Å². The van der Waals surface area contributed by atoms with Crippen molar-refractivity contribution < 1.29 is 4.74 Å². The van der Waals surface area contributed by atoms with Crippen LogP contribution < -0.4 is 5.32 Å². The molecule has 1 aromatic carbocycles. The summed E-state index contributed by atoms with van der Waals surface area (Å²) in [5, 5.41) is 5.04. The molecule has 3 rings (SSSR count). The summed E-state index contributed by atoms with van der Waals surface area (Å²) in [6, 6.07) is 9.04.